The highest BCUT2D eigenvalue weighted by Crippen LogP contribution is 2.38. The summed E-state index contributed by atoms with van der Waals surface area (Å²) in [5, 5.41) is 0. The molecule has 0 spiro atoms. The Labute approximate surface area is 98.7 Å². The van der Waals surface area contributed by atoms with Crippen LogP contribution in [0.15, 0.2) is 11.6 Å². The van der Waals surface area contributed by atoms with E-state index in [4.69, 9.17) is 0 Å². The van der Waals surface area contributed by atoms with Gasteiger partial charge < -0.3 is 0 Å². The summed E-state index contributed by atoms with van der Waals surface area (Å²) in [5.41, 5.74) is 0.949. The fourth-order valence-corrected chi connectivity index (χ4v) is 3.18. The predicted octanol–water partition coefficient (Wildman–Crippen LogP) is 2.93. The second kappa shape index (κ2) is 4.70. The Balaban J connectivity index is 2.20. The van der Waals surface area contributed by atoms with E-state index < -0.39 is 0 Å². The molecule has 1 fully saturated rings. The average Bonchev–Trinajstić information content (AvgIpc) is 2.79. The number of hydrogen-bond donors (Lipinski definition) is 0. The van der Waals surface area contributed by atoms with Crippen molar-refractivity contribution in [1.29, 1.82) is 0 Å². The Morgan fingerprint density at radius 2 is 1.88 bits per heavy atom. The summed E-state index contributed by atoms with van der Waals surface area (Å²) >= 11 is 0. The molecule has 2 aliphatic carbocycles. The Morgan fingerprint density at radius 3 is 2.38 bits per heavy atom. The van der Waals surface area contributed by atoms with E-state index in [1.165, 1.54) is 25.7 Å². The monoisotopic (exact) mass is 221 g/mol. The van der Waals surface area contributed by atoms with Crippen LogP contribution in [-0.4, -0.2) is 30.3 Å². The number of rotatable bonds is 3. The molecule has 90 valence electrons. The number of likely N-dealkylation sites (N-methyl/N-ethyl adjacent to an activating group) is 1. The van der Waals surface area contributed by atoms with Crippen molar-refractivity contribution < 1.29 is 4.79 Å². The van der Waals surface area contributed by atoms with E-state index in [1.807, 2.05) is 0 Å². The molecule has 0 saturated heterocycles. The van der Waals surface area contributed by atoms with Crippen molar-refractivity contribution in [3.8, 4) is 0 Å². The summed E-state index contributed by atoms with van der Waals surface area (Å²) in [6, 6.07) is 0. The van der Waals surface area contributed by atoms with Gasteiger partial charge in [0.25, 0.3) is 0 Å². The van der Waals surface area contributed by atoms with Crippen molar-refractivity contribution >= 4 is 5.78 Å². The molecule has 16 heavy (non-hydrogen) atoms. The number of Topliss-reactive ketones (excluding diaryl/α,β-unsaturated/α-hetero) is 1. The van der Waals surface area contributed by atoms with Crippen LogP contribution in [0, 0.1) is 0 Å². The lowest BCUT2D eigenvalue weighted by Crippen LogP contribution is -2.49. The van der Waals surface area contributed by atoms with E-state index in [9.17, 15) is 4.79 Å². The molecule has 2 nitrogen and oxygen atoms in total. The van der Waals surface area contributed by atoms with E-state index in [0.717, 1.165) is 31.3 Å². The molecule has 0 aromatic heterocycles. The molecule has 0 radical (unpaired) electrons. The predicted molar refractivity (Wildman–Crippen MR) is 66.4 cm³/mol. The minimum Gasteiger partial charge on any atom is -0.297 e. The molecule has 0 unspecified atom stereocenters. The Hall–Kier alpha value is -0.630. The van der Waals surface area contributed by atoms with Gasteiger partial charge >= 0.3 is 0 Å². The van der Waals surface area contributed by atoms with Crippen LogP contribution in [0.2, 0.25) is 0 Å². The first-order chi connectivity index (χ1) is 7.67. The van der Waals surface area contributed by atoms with Crippen molar-refractivity contribution in [1.82, 2.24) is 4.90 Å². The zero-order chi connectivity index (χ0) is 11.6. The molecule has 2 heteroatoms. The van der Waals surface area contributed by atoms with Crippen molar-refractivity contribution in [3.05, 3.63) is 11.6 Å². The first kappa shape index (κ1) is 11.8. The average molecular weight is 221 g/mol. The molecule has 0 atom stereocenters. The van der Waals surface area contributed by atoms with Crippen molar-refractivity contribution in [2.24, 2.45) is 0 Å². The number of allylic oxidation sites excluding steroid dienone is 1. The number of hydrogen-bond acceptors (Lipinski definition) is 2. The highest BCUT2D eigenvalue weighted by Gasteiger charge is 2.43. The van der Waals surface area contributed by atoms with Gasteiger partial charge in [-0.2, -0.15) is 0 Å². The van der Waals surface area contributed by atoms with Gasteiger partial charge in [-0.3, -0.25) is 9.69 Å². The summed E-state index contributed by atoms with van der Waals surface area (Å²) in [6.45, 7) is 0. The molecule has 2 rings (SSSR count). The van der Waals surface area contributed by atoms with Crippen LogP contribution in [0.1, 0.15) is 51.4 Å². The smallest absolute Gasteiger partial charge is 0.178 e. The summed E-state index contributed by atoms with van der Waals surface area (Å²) in [7, 11) is 4.12. The Kier molecular flexibility index (Phi) is 3.48. The van der Waals surface area contributed by atoms with Gasteiger partial charge in [-0.25, -0.2) is 0 Å². The third-order valence-corrected chi connectivity index (χ3v) is 4.29. The van der Waals surface area contributed by atoms with Gasteiger partial charge in [-0.05, 0) is 58.2 Å². The molecule has 0 N–H and O–H groups in total. The van der Waals surface area contributed by atoms with Gasteiger partial charge in [0.2, 0.25) is 0 Å². The number of carbonyl (C=O) groups is 1. The van der Waals surface area contributed by atoms with Crippen molar-refractivity contribution in [2.45, 2.75) is 56.9 Å². The van der Waals surface area contributed by atoms with Crippen molar-refractivity contribution in [2.75, 3.05) is 14.1 Å². The van der Waals surface area contributed by atoms with E-state index in [-0.39, 0.29) is 5.54 Å². The maximum atomic E-state index is 12.7. The van der Waals surface area contributed by atoms with E-state index in [2.05, 4.69) is 25.1 Å². The Morgan fingerprint density at radius 1 is 1.19 bits per heavy atom. The SMILES string of the molecule is CN(C)C1(C(=O)C2=CCCCC2)CCCC1. The zero-order valence-electron chi connectivity index (χ0n) is 10.6. The van der Waals surface area contributed by atoms with E-state index in [0.29, 0.717) is 5.78 Å². The van der Waals surface area contributed by atoms with Crippen LogP contribution < -0.4 is 0 Å². The van der Waals surface area contributed by atoms with Crippen LogP contribution >= 0.6 is 0 Å². The largest absolute Gasteiger partial charge is 0.297 e. The standard InChI is InChI=1S/C14H23NO/c1-15(2)14(10-6-7-11-14)13(16)12-8-4-3-5-9-12/h8H,3-7,9-11H2,1-2H3. The highest BCUT2D eigenvalue weighted by atomic mass is 16.1. The van der Waals surface area contributed by atoms with Gasteiger partial charge in [-0.1, -0.05) is 18.9 Å². The minimum absolute atomic E-state index is 0.164. The van der Waals surface area contributed by atoms with E-state index in [1.54, 1.807) is 0 Å². The third kappa shape index (κ3) is 1.95. The molecule has 0 amide bonds. The molecule has 0 aromatic rings. The highest BCUT2D eigenvalue weighted by molar-refractivity contribution is 6.02. The third-order valence-electron chi connectivity index (χ3n) is 4.29. The van der Waals surface area contributed by atoms with Crippen LogP contribution in [0.5, 0.6) is 0 Å². The molecule has 0 aliphatic heterocycles. The maximum Gasteiger partial charge on any atom is 0.178 e. The molecule has 0 heterocycles. The van der Waals surface area contributed by atoms with E-state index >= 15 is 0 Å². The number of nitrogens with zero attached hydrogens (tertiary/aromatic N) is 1. The fourth-order valence-electron chi connectivity index (χ4n) is 3.18. The maximum absolute atomic E-state index is 12.7. The van der Waals surface area contributed by atoms with Crippen LogP contribution in [0.4, 0.5) is 0 Å². The number of ketones is 1. The normalized spacial score (nSPS) is 24.6. The lowest BCUT2D eigenvalue weighted by atomic mass is 9.82. The van der Waals surface area contributed by atoms with Gasteiger partial charge in [0.05, 0.1) is 5.54 Å². The van der Waals surface area contributed by atoms with Crippen LogP contribution in [-0.2, 0) is 4.79 Å². The first-order valence-corrected chi connectivity index (χ1v) is 6.58. The topological polar surface area (TPSA) is 20.3 Å². The summed E-state index contributed by atoms with van der Waals surface area (Å²) in [6.07, 6.45) is 11.3. The molecular formula is C14H23NO. The zero-order valence-corrected chi connectivity index (χ0v) is 10.6. The lowest BCUT2D eigenvalue weighted by Gasteiger charge is -2.36. The molecular weight excluding hydrogens is 198 g/mol. The number of carbonyl (C=O) groups excluding carboxylic acids is 1. The first-order valence-electron chi connectivity index (χ1n) is 6.58. The van der Waals surface area contributed by atoms with Crippen molar-refractivity contribution in [3.63, 3.8) is 0 Å². The van der Waals surface area contributed by atoms with Gasteiger partial charge in [-0.15, -0.1) is 0 Å². The molecule has 0 aromatic carbocycles. The second-order valence-corrected chi connectivity index (χ2v) is 5.44. The second-order valence-electron chi connectivity index (χ2n) is 5.44. The molecule has 1 saturated carbocycles. The summed E-state index contributed by atoms with van der Waals surface area (Å²) in [4.78, 5) is 14.8. The van der Waals surface area contributed by atoms with Gasteiger partial charge in [0, 0.05) is 0 Å². The molecule has 0 bridgehead atoms. The summed E-state index contributed by atoms with van der Waals surface area (Å²) < 4.78 is 0. The van der Waals surface area contributed by atoms with Gasteiger partial charge in [0.1, 0.15) is 0 Å². The Bertz CT molecular complexity index is 298. The van der Waals surface area contributed by atoms with Crippen LogP contribution in [0.3, 0.4) is 0 Å². The van der Waals surface area contributed by atoms with Gasteiger partial charge in [0.15, 0.2) is 5.78 Å². The van der Waals surface area contributed by atoms with Crippen LogP contribution in [0.25, 0.3) is 0 Å². The minimum atomic E-state index is -0.164. The fraction of sp³-hybridized carbons (Fsp3) is 0.786. The lowest BCUT2D eigenvalue weighted by molar-refractivity contribution is -0.125. The molecule has 2 aliphatic rings. The quantitative estimate of drug-likeness (QED) is 0.730. The summed E-state index contributed by atoms with van der Waals surface area (Å²) in [5.74, 6) is 0.426.